The van der Waals surface area contributed by atoms with Crippen LogP contribution in [0.25, 0.3) is 0 Å². The lowest BCUT2D eigenvalue weighted by atomic mass is 10.3. The maximum atomic E-state index is 12.0. The molecule has 1 nitrogen and oxygen atoms in total. The molecular weight excluding hydrogens is 173 g/mol. The van der Waals surface area contributed by atoms with Crippen LogP contribution < -0.4 is 0 Å². The van der Waals surface area contributed by atoms with Gasteiger partial charge in [0.2, 0.25) is 0 Å². The third-order valence-corrected chi connectivity index (χ3v) is 2.13. The molecule has 0 atom stereocenters. The van der Waals surface area contributed by atoms with Crippen LogP contribution in [0, 0.1) is 0 Å². The Balaban J connectivity index is 2.58. The van der Waals surface area contributed by atoms with Crippen molar-refractivity contribution >= 4 is 11.8 Å². The molecule has 0 amide bonds. The molecule has 0 fully saturated rings. The molecule has 1 rings (SSSR count). The lowest BCUT2D eigenvalue weighted by Gasteiger charge is -1.97. The number of thioether (sulfide) groups is 1. The lowest BCUT2D eigenvalue weighted by molar-refractivity contribution is 0.476. The molecule has 0 radical (unpaired) electrons. The first-order valence-electron chi connectivity index (χ1n) is 3.59. The largest absolute Gasteiger partial charge is 0.258 e. The fraction of sp³-hybridized carbons (Fsp3) is 0.222. The second kappa shape index (κ2) is 4.93. The van der Waals surface area contributed by atoms with Crippen molar-refractivity contribution in [2.24, 2.45) is 0 Å². The second-order valence-electron chi connectivity index (χ2n) is 2.27. The summed E-state index contributed by atoms with van der Waals surface area (Å²) < 4.78 is 12.0. The van der Waals surface area contributed by atoms with Gasteiger partial charge in [-0.2, -0.15) is 0 Å². The van der Waals surface area contributed by atoms with Crippen LogP contribution in [0.15, 0.2) is 30.3 Å². The molecule has 3 heteroatoms. The summed E-state index contributed by atoms with van der Waals surface area (Å²) in [6.07, 6.45) is 1.70. The normalized spacial score (nSPS) is 9.75. The van der Waals surface area contributed by atoms with Gasteiger partial charge in [-0.15, -0.1) is 11.8 Å². The van der Waals surface area contributed by atoms with Crippen LogP contribution in [-0.2, 0) is 12.4 Å². The second-order valence-corrected chi connectivity index (χ2v) is 3.22. The predicted octanol–water partition coefficient (Wildman–Crippen LogP) is 2.93. The van der Waals surface area contributed by atoms with E-state index in [4.69, 9.17) is 0 Å². The minimum absolute atomic E-state index is 0.488. The van der Waals surface area contributed by atoms with Crippen LogP contribution in [0.5, 0.6) is 0 Å². The molecule has 12 heavy (non-hydrogen) atoms. The van der Waals surface area contributed by atoms with Gasteiger partial charge in [-0.05, 0) is 17.0 Å². The predicted molar refractivity (Wildman–Crippen MR) is 50.5 cm³/mol. The molecule has 64 valence electrons. The standard InChI is InChI=1S/C9H10FNS/c1-2-12-7-8-3-4-9(5-10)11-6-8/h2-4,6H,1,5,7H2. The number of nitrogens with zero attached hydrogens (tertiary/aromatic N) is 1. The van der Waals surface area contributed by atoms with Gasteiger partial charge >= 0.3 is 0 Å². The topological polar surface area (TPSA) is 12.9 Å². The quantitative estimate of drug-likeness (QED) is 0.711. The number of hydrogen-bond donors (Lipinski definition) is 0. The molecule has 0 saturated carbocycles. The van der Waals surface area contributed by atoms with Crippen molar-refractivity contribution in [3.63, 3.8) is 0 Å². The summed E-state index contributed by atoms with van der Waals surface area (Å²) in [7, 11) is 0. The maximum Gasteiger partial charge on any atom is 0.131 e. The fourth-order valence-electron chi connectivity index (χ4n) is 0.775. The Kier molecular flexibility index (Phi) is 3.80. The van der Waals surface area contributed by atoms with Crippen LogP contribution in [0.2, 0.25) is 0 Å². The molecule has 0 aliphatic carbocycles. The van der Waals surface area contributed by atoms with Gasteiger partial charge in [0.15, 0.2) is 0 Å². The third-order valence-electron chi connectivity index (χ3n) is 1.39. The number of alkyl halides is 1. The zero-order chi connectivity index (χ0) is 8.81. The zero-order valence-corrected chi connectivity index (χ0v) is 7.48. The molecule has 1 aromatic rings. The van der Waals surface area contributed by atoms with Gasteiger partial charge in [0.1, 0.15) is 6.67 Å². The summed E-state index contributed by atoms with van der Waals surface area (Å²) in [4.78, 5) is 3.93. The Bertz CT molecular complexity index is 245. The molecule has 1 aromatic heterocycles. The number of halogens is 1. The van der Waals surface area contributed by atoms with Crippen molar-refractivity contribution in [2.75, 3.05) is 0 Å². The van der Waals surface area contributed by atoms with Crippen molar-refractivity contribution in [1.82, 2.24) is 4.98 Å². The van der Waals surface area contributed by atoms with Crippen molar-refractivity contribution in [3.8, 4) is 0 Å². The highest BCUT2D eigenvalue weighted by molar-refractivity contribution is 8.01. The molecule has 0 aliphatic heterocycles. The van der Waals surface area contributed by atoms with E-state index in [2.05, 4.69) is 11.6 Å². The highest BCUT2D eigenvalue weighted by Gasteiger charge is 1.94. The third kappa shape index (κ3) is 2.66. The van der Waals surface area contributed by atoms with E-state index in [0.29, 0.717) is 5.69 Å². The van der Waals surface area contributed by atoms with Gasteiger partial charge in [0, 0.05) is 11.9 Å². The van der Waals surface area contributed by atoms with Gasteiger partial charge < -0.3 is 0 Å². The minimum Gasteiger partial charge on any atom is -0.258 e. The van der Waals surface area contributed by atoms with E-state index < -0.39 is 6.67 Å². The summed E-state index contributed by atoms with van der Waals surface area (Å²) in [6.45, 7) is 3.10. The van der Waals surface area contributed by atoms with E-state index in [1.165, 1.54) is 0 Å². The van der Waals surface area contributed by atoms with Crippen LogP contribution in [-0.4, -0.2) is 4.98 Å². The molecule has 0 saturated heterocycles. The molecule has 0 aliphatic rings. The van der Waals surface area contributed by atoms with Crippen LogP contribution >= 0.6 is 11.8 Å². The number of rotatable bonds is 4. The van der Waals surface area contributed by atoms with Crippen LogP contribution in [0.1, 0.15) is 11.3 Å². The Hall–Kier alpha value is -0.830. The van der Waals surface area contributed by atoms with Gasteiger partial charge in [-0.3, -0.25) is 4.98 Å². The van der Waals surface area contributed by atoms with E-state index in [-0.39, 0.29) is 0 Å². The maximum absolute atomic E-state index is 12.0. The average molecular weight is 183 g/mol. The number of hydrogen-bond acceptors (Lipinski definition) is 2. The highest BCUT2D eigenvalue weighted by Crippen LogP contribution is 2.11. The first kappa shape index (κ1) is 9.26. The van der Waals surface area contributed by atoms with Crippen molar-refractivity contribution in [1.29, 1.82) is 0 Å². The lowest BCUT2D eigenvalue weighted by Crippen LogP contribution is -1.87. The van der Waals surface area contributed by atoms with Gasteiger partial charge in [-0.25, -0.2) is 4.39 Å². The fourth-order valence-corrected chi connectivity index (χ4v) is 1.26. The summed E-state index contributed by atoms with van der Waals surface area (Å²) in [5, 5.41) is 1.78. The van der Waals surface area contributed by atoms with E-state index in [1.54, 1.807) is 29.4 Å². The molecular formula is C9H10FNS. The minimum atomic E-state index is -0.491. The van der Waals surface area contributed by atoms with Crippen molar-refractivity contribution in [3.05, 3.63) is 41.6 Å². The monoisotopic (exact) mass is 183 g/mol. The summed E-state index contributed by atoms with van der Waals surface area (Å²) in [5.41, 5.74) is 1.58. The Morgan fingerprint density at radius 2 is 2.42 bits per heavy atom. The van der Waals surface area contributed by atoms with Gasteiger partial charge in [0.25, 0.3) is 0 Å². The number of pyridine rings is 1. The molecule has 0 spiro atoms. The SMILES string of the molecule is C=CSCc1ccc(CF)nc1. The summed E-state index contributed by atoms with van der Waals surface area (Å²) in [5.74, 6) is 0.850. The van der Waals surface area contributed by atoms with E-state index in [0.717, 1.165) is 11.3 Å². The average Bonchev–Trinajstić information content (AvgIpc) is 2.15. The Morgan fingerprint density at radius 1 is 1.58 bits per heavy atom. The molecule has 0 aromatic carbocycles. The van der Waals surface area contributed by atoms with Gasteiger partial charge in [0.05, 0.1) is 5.69 Å². The first-order chi connectivity index (χ1) is 5.86. The molecule has 0 bridgehead atoms. The smallest absolute Gasteiger partial charge is 0.131 e. The Labute approximate surface area is 75.7 Å². The molecule has 0 N–H and O–H groups in total. The van der Waals surface area contributed by atoms with E-state index in [1.807, 2.05) is 6.07 Å². The Morgan fingerprint density at radius 3 is 2.92 bits per heavy atom. The summed E-state index contributed by atoms with van der Waals surface area (Å²) >= 11 is 1.60. The zero-order valence-electron chi connectivity index (χ0n) is 6.66. The van der Waals surface area contributed by atoms with Gasteiger partial charge in [-0.1, -0.05) is 12.6 Å². The van der Waals surface area contributed by atoms with Crippen molar-refractivity contribution < 1.29 is 4.39 Å². The summed E-state index contributed by atoms with van der Waals surface area (Å²) in [6, 6.07) is 3.59. The van der Waals surface area contributed by atoms with E-state index in [9.17, 15) is 4.39 Å². The highest BCUT2D eigenvalue weighted by atomic mass is 32.2. The molecule has 0 unspecified atom stereocenters. The number of aromatic nitrogens is 1. The van der Waals surface area contributed by atoms with E-state index >= 15 is 0 Å². The molecule has 1 heterocycles. The first-order valence-corrected chi connectivity index (χ1v) is 4.64. The van der Waals surface area contributed by atoms with Crippen molar-refractivity contribution in [2.45, 2.75) is 12.4 Å². The van der Waals surface area contributed by atoms with Crippen LogP contribution in [0.4, 0.5) is 4.39 Å². The van der Waals surface area contributed by atoms with Crippen LogP contribution in [0.3, 0.4) is 0 Å².